The van der Waals surface area contributed by atoms with Crippen molar-refractivity contribution in [1.29, 1.82) is 0 Å². The first-order chi connectivity index (χ1) is 18.2. The van der Waals surface area contributed by atoms with Gasteiger partial charge in [0.05, 0.1) is 35.8 Å². The molecular weight excluding hydrogens is 554 g/mol. The number of methoxy groups -OCH3 is 1. The molecule has 0 bridgehead atoms. The quantitative estimate of drug-likeness (QED) is 0.294. The molecule has 0 saturated heterocycles. The summed E-state index contributed by atoms with van der Waals surface area (Å²) in [6.07, 6.45) is -9.69. The van der Waals surface area contributed by atoms with Gasteiger partial charge in [-0.05, 0) is 42.3 Å². The number of halogens is 7. The summed E-state index contributed by atoms with van der Waals surface area (Å²) in [4.78, 5) is 26.2. The number of aromatic nitrogens is 2. The van der Waals surface area contributed by atoms with E-state index in [1.165, 1.54) is 42.3 Å². The van der Waals surface area contributed by atoms with Gasteiger partial charge in [0.25, 0.3) is 5.91 Å². The van der Waals surface area contributed by atoms with Crippen LogP contribution in [0.4, 0.5) is 32.2 Å². The zero-order valence-electron chi connectivity index (χ0n) is 20.5. The highest BCUT2D eigenvalue weighted by atomic mass is 35.5. The molecule has 2 heterocycles. The van der Waals surface area contributed by atoms with Crippen molar-refractivity contribution < 1.29 is 40.7 Å². The molecule has 1 unspecified atom stereocenters. The van der Waals surface area contributed by atoms with Crippen molar-refractivity contribution in [3.8, 4) is 0 Å². The number of alkyl halides is 6. The minimum atomic E-state index is -4.97. The topological polar surface area (TPSA) is 76.5 Å². The average molecular weight is 575 g/mol. The maximum atomic E-state index is 13.9. The second kappa shape index (κ2) is 10.4. The van der Waals surface area contributed by atoms with Gasteiger partial charge in [-0.25, -0.2) is 9.48 Å². The summed E-state index contributed by atoms with van der Waals surface area (Å²) >= 11 is 5.68. The summed E-state index contributed by atoms with van der Waals surface area (Å²) in [5.41, 5.74) is -2.31. The minimum absolute atomic E-state index is 0.00401. The lowest BCUT2D eigenvalue weighted by molar-refractivity contribution is -0.142. The third kappa shape index (κ3) is 5.82. The molecule has 2 aromatic carbocycles. The van der Waals surface area contributed by atoms with Gasteiger partial charge < -0.3 is 15.0 Å². The Balaban J connectivity index is 1.65. The molecular formula is C25H21ClF6N4O3. The van der Waals surface area contributed by atoms with Crippen molar-refractivity contribution in [1.82, 2.24) is 15.1 Å². The van der Waals surface area contributed by atoms with Crippen LogP contribution in [0.1, 0.15) is 56.1 Å². The Bertz CT molecular complexity index is 1400. The van der Waals surface area contributed by atoms with Gasteiger partial charge in [-0.3, -0.25) is 4.79 Å². The fraction of sp³-hybridized carbons (Fsp3) is 0.320. The summed E-state index contributed by atoms with van der Waals surface area (Å²) in [5.74, 6) is -1.80. The van der Waals surface area contributed by atoms with E-state index >= 15 is 0 Å². The number of ether oxygens (including phenoxy) is 1. The Morgan fingerprint density at radius 1 is 1.05 bits per heavy atom. The van der Waals surface area contributed by atoms with Gasteiger partial charge >= 0.3 is 18.3 Å². The monoisotopic (exact) mass is 574 g/mol. The van der Waals surface area contributed by atoms with Gasteiger partial charge in [0, 0.05) is 13.1 Å². The van der Waals surface area contributed by atoms with Gasteiger partial charge in [-0.15, -0.1) is 0 Å². The maximum Gasteiger partial charge on any atom is 0.436 e. The second-order valence-electron chi connectivity index (χ2n) is 8.81. The van der Waals surface area contributed by atoms with Crippen LogP contribution >= 0.6 is 11.6 Å². The van der Waals surface area contributed by atoms with E-state index in [9.17, 15) is 35.9 Å². The zero-order chi connectivity index (χ0) is 28.7. The highest BCUT2D eigenvalue weighted by Crippen LogP contribution is 2.40. The molecule has 0 radical (unpaired) electrons. The average Bonchev–Trinajstić information content (AvgIpc) is 3.44. The molecule has 39 heavy (non-hydrogen) atoms. The molecule has 1 aliphatic rings. The molecule has 7 nitrogen and oxygen atoms in total. The number of nitrogens with one attached hydrogen (secondary N) is 1. The lowest BCUT2D eigenvalue weighted by atomic mass is 10.1. The van der Waals surface area contributed by atoms with Crippen LogP contribution in [0.2, 0.25) is 5.02 Å². The molecule has 1 aromatic heterocycles. The Labute approximate surface area is 223 Å². The highest BCUT2D eigenvalue weighted by Gasteiger charge is 2.44. The second-order valence-corrected chi connectivity index (χ2v) is 9.22. The number of amides is 1. The van der Waals surface area contributed by atoms with Crippen LogP contribution in [-0.2, 0) is 30.2 Å². The largest absolute Gasteiger partial charge is 0.465 e. The normalized spacial score (nSPS) is 14.2. The fourth-order valence-electron chi connectivity index (χ4n) is 4.30. The number of nitrogens with zero attached hydrogens (tertiary/aromatic N) is 3. The number of fused-ring (bicyclic) bond motifs is 1. The molecule has 1 N–H and O–H groups in total. The minimum Gasteiger partial charge on any atom is -0.465 e. The molecule has 0 saturated carbocycles. The van der Waals surface area contributed by atoms with Crippen LogP contribution in [0.3, 0.4) is 0 Å². The molecule has 0 spiro atoms. The van der Waals surface area contributed by atoms with E-state index in [-0.39, 0.29) is 36.6 Å². The number of hydrogen-bond acceptors (Lipinski definition) is 5. The molecule has 1 atom stereocenters. The molecule has 0 fully saturated rings. The van der Waals surface area contributed by atoms with Crippen molar-refractivity contribution in [2.24, 2.45) is 0 Å². The summed E-state index contributed by atoms with van der Waals surface area (Å²) in [6.45, 7) is 1.45. The molecule has 4 rings (SSSR count). The van der Waals surface area contributed by atoms with Crippen LogP contribution in [0.25, 0.3) is 0 Å². The van der Waals surface area contributed by atoms with Crippen LogP contribution in [-0.4, -0.2) is 35.3 Å². The third-order valence-corrected chi connectivity index (χ3v) is 6.52. The molecule has 14 heteroatoms. The Hall–Kier alpha value is -3.74. The first kappa shape index (κ1) is 28.3. The summed E-state index contributed by atoms with van der Waals surface area (Å²) < 4.78 is 87.3. The standard InChI is InChI=1S/C25H21ClF6N4O3/c1-13(15-4-6-16(7-5-15)23(38)39-2)33-21(37)19-20(25(30,31)32)34-36-10-9-35(22(19)36)12-14-3-8-18(26)17(11-14)24(27,28)29/h3-8,11,13H,9-10,12H2,1-2H3,(H,33,37). The molecule has 1 aliphatic heterocycles. The van der Waals surface area contributed by atoms with E-state index in [4.69, 9.17) is 11.6 Å². The smallest absolute Gasteiger partial charge is 0.436 e. The molecule has 208 valence electrons. The first-order valence-corrected chi connectivity index (χ1v) is 11.9. The van der Waals surface area contributed by atoms with E-state index in [0.717, 1.165) is 16.8 Å². The van der Waals surface area contributed by atoms with Crippen molar-refractivity contribution >= 4 is 29.3 Å². The zero-order valence-corrected chi connectivity index (χ0v) is 21.2. The van der Waals surface area contributed by atoms with E-state index in [2.05, 4.69) is 15.2 Å². The summed E-state index contributed by atoms with van der Waals surface area (Å²) in [7, 11) is 1.22. The number of benzene rings is 2. The highest BCUT2D eigenvalue weighted by molar-refractivity contribution is 6.31. The van der Waals surface area contributed by atoms with Gasteiger partial charge in [0.1, 0.15) is 11.4 Å². The van der Waals surface area contributed by atoms with Crippen LogP contribution < -0.4 is 10.2 Å². The number of rotatable bonds is 6. The lowest BCUT2D eigenvalue weighted by Crippen LogP contribution is -2.31. The van der Waals surface area contributed by atoms with E-state index in [0.29, 0.717) is 5.56 Å². The number of carbonyl (C=O) groups excluding carboxylic acids is 2. The van der Waals surface area contributed by atoms with E-state index < -0.39 is 52.1 Å². The Kier molecular flexibility index (Phi) is 7.57. The summed E-state index contributed by atoms with van der Waals surface area (Å²) in [5, 5.41) is 5.62. The number of hydrogen-bond donors (Lipinski definition) is 1. The van der Waals surface area contributed by atoms with Crippen LogP contribution in [0.5, 0.6) is 0 Å². The number of carbonyl (C=O) groups is 2. The number of anilines is 1. The van der Waals surface area contributed by atoms with Crippen molar-refractivity contribution in [2.45, 2.75) is 38.4 Å². The molecule has 1 amide bonds. The van der Waals surface area contributed by atoms with Crippen LogP contribution in [0, 0.1) is 0 Å². The van der Waals surface area contributed by atoms with E-state index in [1.807, 2.05) is 0 Å². The predicted octanol–water partition coefficient (Wildman–Crippen LogP) is 5.87. The number of esters is 1. The van der Waals surface area contributed by atoms with E-state index in [1.54, 1.807) is 6.92 Å². The van der Waals surface area contributed by atoms with Crippen LogP contribution in [0.15, 0.2) is 42.5 Å². The SMILES string of the molecule is COC(=O)c1ccc(C(C)NC(=O)c2c(C(F)(F)F)nn3c2N(Cc2ccc(Cl)c(C(F)(F)F)c2)CC3)cc1. The predicted molar refractivity (Wildman–Crippen MR) is 128 cm³/mol. The lowest BCUT2D eigenvalue weighted by Gasteiger charge is -2.21. The van der Waals surface area contributed by atoms with Crippen molar-refractivity contribution in [2.75, 3.05) is 18.6 Å². The summed E-state index contributed by atoms with van der Waals surface area (Å²) in [6, 6.07) is 8.41. The van der Waals surface area contributed by atoms with Gasteiger partial charge in [-0.2, -0.15) is 31.4 Å². The van der Waals surface area contributed by atoms with Gasteiger partial charge in [0.15, 0.2) is 5.69 Å². The maximum absolute atomic E-state index is 13.9. The fourth-order valence-corrected chi connectivity index (χ4v) is 4.52. The third-order valence-electron chi connectivity index (χ3n) is 6.19. The Morgan fingerprint density at radius 3 is 2.31 bits per heavy atom. The van der Waals surface area contributed by atoms with Gasteiger partial charge in [-0.1, -0.05) is 29.8 Å². The molecule has 3 aromatic rings. The molecule has 0 aliphatic carbocycles. The Morgan fingerprint density at radius 2 is 1.72 bits per heavy atom. The van der Waals surface area contributed by atoms with Crippen molar-refractivity contribution in [3.63, 3.8) is 0 Å². The van der Waals surface area contributed by atoms with Crippen molar-refractivity contribution in [3.05, 3.63) is 81.0 Å². The van der Waals surface area contributed by atoms with Gasteiger partial charge in [0.2, 0.25) is 0 Å². The first-order valence-electron chi connectivity index (χ1n) is 11.5.